The molecule has 106 valence electrons. The molecule has 0 aliphatic rings. The van der Waals surface area contributed by atoms with Gasteiger partial charge in [0.05, 0.1) is 5.02 Å². The third-order valence-electron chi connectivity index (χ3n) is 2.74. The molecular formula is C14H14ClNO4. The maximum atomic E-state index is 11.3. The quantitative estimate of drug-likeness (QED) is 0.879. The number of benzene rings is 1. The lowest BCUT2D eigenvalue weighted by Gasteiger charge is -2.09. The monoisotopic (exact) mass is 295 g/mol. The zero-order chi connectivity index (χ0) is 14.7. The Kier molecular flexibility index (Phi) is 4.29. The second-order valence-corrected chi connectivity index (χ2v) is 4.68. The Morgan fingerprint density at radius 2 is 2.15 bits per heavy atom. The van der Waals surface area contributed by atoms with Gasteiger partial charge in [-0.15, -0.1) is 0 Å². The molecule has 1 heterocycles. The highest BCUT2D eigenvalue weighted by molar-refractivity contribution is 6.32. The van der Waals surface area contributed by atoms with Gasteiger partial charge in [-0.05, 0) is 25.5 Å². The molecule has 0 saturated heterocycles. The van der Waals surface area contributed by atoms with Gasteiger partial charge in [0.2, 0.25) is 0 Å². The molecule has 2 aromatic rings. The van der Waals surface area contributed by atoms with E-state index in [0.717, 1.165) is 10.9 Å². The van der Waals surface area contributed by atoms with Crippen LogP contribution in [0.4, 0.5) is 0 Å². The number of rotatable bonds is 4. The maximum Gasteiger partial charge on any atom is 0.336 e. The average molecular weight is 296 g/mol. The number of fused-ring (bicyclic) bond motifs is 1. The van der Waals surface area contributed by atoms with Crippen molar-refractivity contribution >= 4 is 28.5 Å². The van der Waals surface area contributed by atoms with E-state index in [1.54, 1.807) is 13.0 Å². The number of hydrogen-bond acceptors (Lipinski definition) is 4. The minimum absolute atomic E-state index is 0.144. The molecule has 5 nitrogen and oxygen atoms in total. The Balaban J connectivity index is 2.33. The first-order valence-corrected chi connectivity index (χ1v) is 6.52. The molecule has 0 fully saturated rings. The fourth-order valence-electron chi connectivity index (χ4n) is 1.82. The van der Waals surface area contributed by atoms with E-state index in [2.05, 4.69) is 5.32 Å². The van der Waals surface area contributed by atoms with Crippen molar-refractivity contribution in [2.75, 3.05) is 13.2 Å². The summed E-state index contributed by atoms with van der Waals surface area (Å²) in [6.07, 6.45) is 0. The Morgan fingerprint density at radius 3 is 2.85 bits per heavy atom. The minimum atomic E-state index is -0.438. The molecule has 6 heteroatoms. The Morgan fingerprint density at radius 1 is 1.40 bits per heavy atom. The van der Waals surface area contributed by atoms with Crippen LogP contribution in [-0.2, 0) is 4.79 Å². The Labute approximate surface area is 120 Å². The van der Waals surface area contributed by atoms with E-state index >= 15 is 0 Å². The molecule has 2 rings (SSSR count). The fraction of sp³-hybridized carbons (Fsp3) is 0.286. The molecule has 0 aliphatic carbocycles. The largest absolute Gasteiger partial charge is 0.482 e. The summed E-state index contributed by atoms with van der Waals surface area (Å²) in [5.74, 6) is 0.0635. The van der Waals surface area contributed by atoms with Crippen LogP contribution >= 0.6 is 11.6 Å². The highest BCUT2D eigenvalue weighted by Gasteiger charge is 2.10. The average Bonchev–Trinajstić information content (AvgIpc) is 2.38. The van der Waals surface area contributed by atoms with Gasteiger partial charge in [0, 0.05) is 24.1 Å². The van der Waals surface area contributed by atoms with Crippen LogP contribution in [0.25, 0.3) is 11.0 Å². The number of carbonyl (C=O) groups excluding carboxylic acids is 1. The van der Waals surface area contributed by atoms with Crippen LogP contribution in [0.1, 0.15) is 12.5 Å². The van der Waals surface area contributed by atoms with Crippen LogP contribution in [0.5, 0.6) is 5.75 Å². The van der Waals surface area contributed by atoms with E-state index in [9.17, 15) is 9.59 Å². The number of halogens is 1. The summed E-state index contributed by atoms with van der Waals surface area (Å²) in [4.78, 5) is 22.7. The van der Waals surface area contributed by atoms with Gasteiger partial charge < -0.3 is 14.5 Å². The summed E-state index contributed by atoms with van der Waals surface area (Å²) in [5.41, 5.74) is 0.714. The molecule has 0 radical (unpaired) electrons. The lowest BCUT2D eigenvalue weighted by atomic mass is 10.1. The molecule has 0 spiro atoms. The molecule has 0 atom stereocenters. The van der Waals surface area contributed by atoms with Crippen molar-refractivity contribution in [1.29, 1.82) is 0 Å². The first kappa shape index (κ1) is 14.4. The number of ether oxygens (including phenoxy) is 1. The van der Waals surface area contributed by atoms with Crippen molar-refractivity contribution in [2.24, 2.45) is 0 Å². The summed E-state index contributed by atoms with van der Waals surface area (Å²) in [5, 5.41) is 3.71. The molecule has 0 bridgehead atoms. The summed E-state index contributed by atoms with van der Waals surface area (Å²) in [6.45, 7) is 4.00. The van der Waals surface area contributed by atoms with Gasteiger partial charge in [-0.2, -0.15) is 0 Å². The Bertz CT molecular complexity index is 708. The predicted molar refractivity (Wildman–Crippen MR) is 76.4 cm³/mol. The van der Waals surface area contributed by atoms with Crippen LogP contribution in [-0.4, -0.2) is 19.1 Å². The van der Waals surface area contributed by atoms with Crippen molar-refractivity contribution in [3.8, 4) is 5.75 Å². The van der Waals surface area contributed by atoms with Crippen LogP contribution in [0.2, 0.25) is 5.02 Å². The fourth-order valence-corrected chi connectivity index (χ4v) is 2.04. The number of aryl methyl sites for hydroxylation is 1. The van der Waals surface area contributed by atoms with Gasteiger partial charge in [0.25, 0.3) is 5.91 Å². The van der Waals surface area contributed by atoms with Crippen LogP contribution in [0.3, 0.4) is 0 Å². The molecule has 20 heavy (non-hydrogen) atoms. The highest BCUT2D eigenvalue weighted by Crippen LogP contribution is 2.30. The van der Waals surface area contributed by atoms with Gasteiger partial charge in [-0.25, -0.2) is 4.79 Å². The van der Waals surface area contributed by atoms with E-state index < -0.39 is 5.63 Å². The first-order chi connectivity index (χ1) is 9.51. The predicted octanol–water partition coefficient (Wildman–Crippen LogP) is 2.27. The summed E-state index contributed by atoms with van der Waals surface area (Å²) < 4.78 is 10.4. The molecule has 0 saturated carbocycles. The number of nitrogens with one attached hydrogen (secondary N) is 1. The van der Waals surface area contributed by atoms with Crippen LogP contribution in [0.15, 0.2) is 27.4 Å². The van der Waals surface area contributed by atoms with Gasteiger partial charge in [-0.1, -0.05) is 11.6 Å². The summed E-state index contributed by atoms with van der Waals surface area (Å²) >= 11 is 6.10. The van der Waals surface area contributed by atoms with E-state index in [0.29, 0.717) is 22.9 Å². The van der Waals surface area contributed by atoms with Crippen LogP contribution in [0, 0.1) is 6.92 Å². The van der Waals surface area contributed by atoms with Crippen molar-refractivity contribution in [1.82, 2.24) is 5.32 Å². The zero-order valence-corrected chi connectivity index (χ0v) is 11.9. The van der Waals surface area contributed by atoms with Crippen molar-refractivity contribution in [2.45, 2.75) is 13.8 Å². The molecular weight excluding hydrogens is 282 g/mol. The molecule has 1 aromatic heterocycles. The minimum Gasteiger partial charge on any atom is -0.482 e. The van der Waals surface area contributed by atoms with Gasteiger partial charge >= 0.3 is 5.63 Å². The lowest BCUT2D eigenvalue weighted by Crippen LogP contribution is -2.28. The third kappa shape index (κ3) is 3.11. The van der Waals surface area contributed by atoms with Crippen molar-refractivity contribution < 1.29 is 13.9 Å². The number of likely N-dealkylation sites (N-methyl/N-ethyl adjacent to an activating group) is 1. The lowest BCUT2D eigenvalue weighted by molar-refractivity contribution is -0.122. The number of hydrogen-bond donors (Lipinski definition) is 1. The highest BCUT2D eigenvalue weighted by atomic mass is 35.5. The Hall–Kier alpha value is -2.01. The van der Waals surface area contributed by atoms with E-state index in [-0.39, 0.29) is 12.5 Å². The zero-order valence-electron chi connectivity index (χ0n) is 11.2. The normalized spacial score (nSPS) is 10.6. The topological polar surface area (TPSA) is 68.5 Å². The smallest absolute Gasteiger partial charge is 0.336 e. The molecule has 1 N–H and O–H groups in total. The van der Waals surface area contributed by atoms with Crippen LogP contribution < -0.4 is 15.7 Å². The third-order valence-corrected chi connectivity index (χ3v) is 3.03. The summed E-state index contributed by atoms with van der Waals surface area (Å²) in [6, 6.07) is 4.57. The number of amides is 1. The standard InChI is InChI=1S/C14H14ClNO4/c1-3-16-13(17)7-19-12-6-11-9(5-10(12)15)8(2)4-14(18)20-11/h4-6H,3,7H2,1-2H3,(H,16,17). The second kappa shape index (κ2) is 5.96. The SMILES string of the molecule is CCNC(=O)COc1cc2oc(=O)cc(C)c2cc1Cl. The van der Waals surface area contributed by atoms with E-state index in [1.165, 1.54) is 12.1 Å². The van der Waals surface area contributed by atoms with Gasteiger partial charge in [0.15, 0.2) is 6.61 Å². The first-order valence-electron chi connectivity index (χ1n) is 6.14. The van der Waals surface area contributed by atoms with Gasteiger partial charge in [0.1, 0.15) is 11.3 Å². The second-order valence-electron chi connectivity index (χ2n) is 4.27. The van der Waals surface area contributed by atoms with Crippen molar-refractivity contribution in [3.63, 3.8) is 0 Å². The van der Waals surface area contributed by atoms with Gasteiger partial charge in [-0.3, -0.25) is 4.79 Å². The van der Waals surface area contributed by atoms with Crippen molar-refractivity contribution in [3.05, 3.63) is 39.2 Å². The molecule has 1 aromatic carbocycles. The van der Waals surface area contributed by atoms with E-state index in [1.807, 2.05) is 6.92 Å². The molecule has 0 unspecified atom stereocenters. The van der Waals surface area contributed by atoms with E-state index in [4.69, 9.17) is 20.8 Å². The maximum absolute atomic E-state index is 11.3. The molecule has 1 amide bonds. The molecule has 0 aliphatic heterocycles. The summed E-state index contributed by atoms with van der Waals surface area (Å²) in [7, 11) is 0. The number of carbonyl (C=O) groups is 1.